The maximum atomic E-state index is 4.57. The van der Waals surface area contributed by atoms with Gasteiger partial charge >= 0.3 is 0 Å². The zero-order valence-electron chi connectivity index (χ0n) is 18.5. The Balaban J connectivity index is 1.49. The SMILES string of the molecule is CC1=C(C)C2N=CNN2C=C1c1[nH]c2sc([C@@H]3C[C@@H]4C[C@H]3CN4)c(C)c2c1C(C)C. The fourth-order valence-electron chi connectivity index (χ4n) is 6.18. The molecular formula is C24H31N5S. The Morgan fingerprint density at radius 3 is 2.73 bits per heavy atom. The molecule has 4 aliphatic rings. The molecule has 0 aromatic carbocycles. The number of H-pyrrole nitrogens is 1. The fourth-order valence-corrected chi connectivity index (χ4v) is 7.62. The Morgan fingerprint density at radius 1 is 1.20 bits per heavy atom. The van der Waals surface area contributed by atoms with Crippen LogP contribution in [0.3, 0.4) is 0 Å². The van der Waals surface area contributed by atoms with Crippen molar-refractivity contribution in [3.8, 4) is 0 Å². The molecule has 1 saturated heterocycles. The van der Waals surface area contributed by atoms with Crippen LogP contribution < -0.4 is 10.7 Å². The normalized spacial score (nSPS) is 30.1. The van der Waals surface area contributed by atoms with Crippen molar-refractivity contribution in [3.05, 3.63) is 39.0 Å². The second-order valence-corrected chi connectivity index (χ2v) is 10.9. The predicted octanol–water partition coefficient (Wildman–Crippen LogP) is 4.99. The van der Waals surface area contributed by atoms with Crippen LogP contribution in [0.2, 0.25) is 0 Å². The number of nitrogens with zero attached hydrogens (tertiary/aromatic N) is 2. The number of hydrogen-bond acceptors (Lipinski definition) is 5. The highest BCUT2D eigenvalue weighted by atomic mass is 32.1. The lowest BCUT2D eigenvalue weighted by molar-refractivity contribution is 0.304. The minimum atomic E-state index is 0.0899. The number of hydrogen-bond donors (Lipinski definition) is 3. The molecule has 2 aromatic rings. The van der Waals surface area contributed by atoms with Crippen molar-refractivity contribution >= 4 is 33.5 Å². The first-order chi connectivity index (χ1) is 14.4. The monoisotopic (exact) mass is 421 g/mol. The molecule has 5 nitrogen and oxygen atoms in total. The molecule has 2 bridgehead atoms. The van der Waals surface area contributed by atoms with Gasteiger partial charge in [-0.15, -0.1) is 11.3 Å². The zero-order chi connectivity index (χ0) is 20.7. The van der Waals surface area contributed by atoms with E-state index < -0.39 is 0 Å². The van der Waals surface area contributed by atoms with Gasteiger partial charge in [-0.1, -0.05) is 13.8 Å². The van der Waals surface area contributed by atoms with Crippen LogP contribution in [0.1, 0.15) is 74.1 Å². The summed E-state index contributed by atoms with van der Waals surface area (Å²) >= 11 is 2.02. The van der Waals surface area contributed by atoms with E-state index in [9.17, 15) is 0 Å². The van der Waals surface area contributed by atoms with Gasteiger partial charge in [0.2, 0.25) is 0 Å². The van der Waals surface area contributed by atoms with E-state index in [4.69, 9.17) is 0 Å². The minimum absolute atomic E-state index is 0.0899. The van der Waals surface area contributed by atoms with Gasteiger partial charge in [0, 0.05) is 28.1 Å². The maximum absolute atomic E-state index is 4.57. The van der Waals surface area contributed by atoms with Crippen molar-refractivity contribution in [3.63, 3.8) is 0 Å². The van der Waals surface area contributed by atoms with Gasteiger partial charge < -0.3 is 10.3 Å². The standard InChI is InChI=1S/C24H31N5S/c1-11(2)19-20-14(5)22(17-7-16-6-15(17)8-25-16)30-24(20)28-21(19)18-9-29-23(26-10-27-29)13(4)12(18)3/h9-11,15-17,23,25,28H,6-8H2,1-5H3,(H,26,27)/t15-,16-,17+,23?/m0/s1. The molecule has 3 N–H and O–H groups in total. The van der Waals surface area contributed by atoms with E-state index >= 15 is 0 Å². The first-order valence-electron chi connectivity index (χ1n) is 11.3. The molecule has 2 aromatic heterocycles. The molecule has 1 unspecified atom stereocenters. The Morgan fingerprint density at radius 2 is 2.03 bits per heavy atom. The minimum Gasteiger partial charge on any atom is -0.346 e. The summed E-state index contributed by atoms with van der Waals surface area (Å²) in [5.74, 6) is 2.03. The lowest BCUT2D eigenvalue weighted by atomic mass is 9.88. The highest BCUT2D eigenvalue weighted by Gasteiger charge is 2.42. The topological polar surface area (TPSA) is 55.5 Å². The molecular weight excluding hydrogens is 390 g/mol. The molecule has 5 heterocycles. The van der Waals surface area contributed by atoms with Crippen LogP contribution >= 0.6 is 11.3 Å². The number of nitrogens with one attached hydrogen (secondary N) is 3. The molecule has 30 heavy (non-hydrogen) atoms. The van der Waals surface area contributed by atoms with E-state index in [1.807, 2.05) is 11.3 Å². The number of fused-ring (bicyclic) bond motifs is 4. The average Bonchev–Trinajstić information content (AvgIpc) is 3.50. The van der Waals surface area contributed by atoms with Gasteiger partial charge in [-0.25, -0.2) is 4.99 Å². The first-order valence-corrected chi connectivity index (χ1v) is 12.1. The Kier molecular flexibility index (Phi) is 4.03. The van der Waals surface area contributed by atoms with Crippen LogP contribution in [0.25, 0.3) is 15.8 Å². The quantitative estimate of drug-likeness (QED) is 0.654. The van der Waals surface area contributed by atoms with E-state index in [0.717, 1.165) is 17.9 Å². The van der Waals surface area contributed by atoms with Crippen molar-refractivity contribution < 1.29 is 0 Å². The Bertz CT molecular complexity index is 1130. The van der Waals surface area contributed by atoms with E-state index in [-0.39, 0.29) is 6.17 Å². The number of aromatic amines is 1. The first kappa shape index (κ1) is 18.7. The summed E-state index contributed by atoms with van der Waals surface area (Å²) < 4.78 is 0. The lowest BCUT2D eigenvalue weighted by Gasteiger charge is -2.30. The number of rotatable bonds is 3. The molecule has 0 radical (unpaired) electrons. The van der Waals surface area contributed by atoms with Crippen LogP contribution in [-0.2, 0) is 0 Å². The molecule has 2 fully saturated rings. The van der Waals surface area contributed by atoms with Crippen LogP contribution in [0.4, 0.5) is 0 Å². The summed E-state index contributed by atoms with van der Waals surface area (Å²) in [6, 6.07) is 0.742. The lowest BCUT2D eigenvalue weighted by Crippen LogP contribution is -2.37. The smallest absolute Gasteiger partial charge is 0.162 e. The van der Waals surface area contributed by atoms with E-state index in [2.05, 4.69) is 66.5 Å². The molecule has 158 valence electrons. The van der Waals surface area contributed by atoms with Crippen molar-refractivity contribution in [2.75, 3.05) is 6.54 Å². The summed E-state index contributed by atoms with van der Waals surface area (Å²) in [5.41, 5.74) is 11.5. The number of allylic oxidation sites excluding steroid dienone is 2. The largest absolute Gasteiger partial charge is 0.346 e. The van der Waals surface area contributed by atoms with Crippen LogP contribution in [0, 0.1) is 12.8 Å². The number of piperidine rings is 1. The number of aliphatic imine (C=N–C) groups is 1. The van der Waals surface area contributed by atoms with Crippen LogP contribution in [0.5, 0.6) is 0 Å². The third-order valence-corrected chi connectivity index (χ3v) is 9.18. The number of aryl methyl sites for hydroxylation is 1. The highest BCUT2D eigenvalue weighted by molar-refractivity contribution is 7.19. The van der Waals surface area contributed by atoms with E-state index in [1.54, 1.807) is 11.2 Å². The summed E-state index contributed by atoms with van der Waals surface area (Å²) in [6.45, 7) is 12.7. The van der Waals surface area contributed by atoms with Gasteiger partial charge in [0.1, 0.15) is 11.2 Å². The van der Waals surface area contributed by atoms with Crippen molar-refractivity contribution in [1.82, 2.24) is 20.7 Å². The third kappa shape index (κ3) is 2.47. The van der Waals surface area contributed by atoms with Crippen molar-refractivity contribution in [1.29, 1.82) is 0 Å². The highest BCUT2D eigenvalue weighted by Crippen LogP contribution is 2.51. The molecule has 4 atom stereocenters. The van der Waals surface area contributed by atoms with E-state index in [1.165, 1.54) is 63.1 Å². The second kappa shape index (κ2) is 6.47. The Labute approximate surface area is 182 Å². The molecule has 0 spiro atoms. The summed E-state index contributed by atoms with van der Waals surface area (Å²) in [7, 11) is 0. The fraction of sp³-hybridized carbons (Fsp3) is 0.542. The van der Waals surface area contributed by atoms with Crippen molar-refractivity contribution in [2.24, 2.45) is 10.9 Å². The zero-order valence-corrected chi connectivity index (χ0v) is 19.3. The summed E-state index contributed by atoms with van der Waals surface area (Å²) in [4.78, 5) is 11.4. The van der Waals surface area contributed by atoms with Gasteiger partial charge in [-0.05, 0) is 80.2 Å². The third-order valence-electron chi connectivity index (χ3n) is 7.84. The van der Waals surface area contributed by atoms with Gasteiger partial charge in [-0.2, -0.15) is 0 Å². The van der Waals surface area contributed by atoms with E-state index in [0.29, 0.717) is 5.92 Å². The van der Waals surface area contributed by atoms with Gasteiger partial charge in [0.25, 0.3) is 0 Å². The Hall–Kier alpha value is -2.05. The molecule has 6 rings (SSSR count). The van der Waals surface area contributed by atoms with Gasteiger partial charge in [0.15, 0.2) is 6.17 Å². The molecule has 1 aliphatic carbocycles. The number of thiophene rings is 1. The summed E-state index contributed by atoms with van der Waals surface area (Å²) in [5, 5.41) is 7.28. The molecule has 3 aliphatic heterocycles. The molecule has 6 heteroatoms. The summed E-state index contributed by atoms with van der Waals surface area (Å²) in [6.07, 6.45) is 6.80. The average molecular weight is 422 g/mol. The molecule has 1 saturated carbocycles. The van der Waals surface area contributed by atoms with Crippen LogP contribution in [-0.4, -0.2) is 35.1 Å². The molecule has 0 amide bonds. The van der Waals surface area contributed by atoms with Crippen molar-refractivity contribution in [2.45, 2.75) is 71.5 Å². The predicted molar refractivity (Wildman–Crippen MR) is 126 cm³/mol. The van der Waals surface area contributed by atoms with Gasteiger partial charge in [0.05, 0.1) is 5.69 Å². The number of aromatic nitrogens is 1. The van der Waals surface area contributed by atoms with Crippen LogP contribution in [0.15, 0.2) is 22.3 Å². The maximum Gasteiger partial charge on any atom is 0.162 e. The second-order valence-electron chi connectivity index (χ2n) is 9.85. The van der Waals surface area contributed by atoms with Gasteiger partial charge in [-0.3, -0.25) is 10.4 Å². The number of hydrazine groups is 1.